The van der Waals surface area contributed by atoms with Crippen molar-refractivity contribution in [2.45, 2.75) is 45.4 Å². The van der Waals surface area contributed by atoms with E-state index in [1.807, 2.05) is 12.3 Å². The molecule has 0 aliphatic rings. The highest BCUT2D eigenvalue weighted by Gasteiger charge is 1.99. The Balaban J connectivity index is 1.85. The van der Waals surface area contributed by atoms with Gasteiger partial charge in [0.15, 0.2) is 0 Å². The lowest BCUT2D eigenvalue weighted by Crippen LogP contribution is -1.89. The predicted molar refractivity (Wildman–Crippen MR) is 82.1 cm³/mol. The minimum Gasteiger partial charge on any atom is -0.256 e. The molecule has 0 radical (unpaired) electrons. The summed E-state index contributed by atoms with van der Waals surface area (Å²) >= 11 is 0. The molecule has 0 atom stereocenters. The van der Waals surface area contributed by atoms with Gasteiger partial charge in [-0.25, -0.2) is 0 Å². The second-order valence-corrected chi connectivity index (χ2v) is 5.08. The summed E-state index contributed by atoms with van der Waals surface area (Å²) in [4.78, 5) is 4.56. The molecule has 100 valence electrons. The number of benzene rings is 1. The minimum atomic E-state index is 1.07. The van der Waals surface area contributed by atoms with E-state index in [9.17, 15) is 0 Å². The molecule has 1 heteroatoms. The third kappa shape index (κ3) is 4.51. The molecule has 0 fully saturated rings. The first-order valence-electron chi connectivity index (χ1n) is 7.40. The van der Waals surface area contributed by atoms with Crippen molar-refractivity contribution < 1.29 is 0 Å². The quantitative estimate of drug-likeness (QED) is 0.613. The SMILES string of the molecule is CCCCCCCc1ccc(-c2ccccc2)nc1. The molecule has 0 bridgehead atoms. The second-order valence-electron chi connectivity index (χ2n) is 5.08. The van der Waals surface area contributed by atoms with Crippen LogP contribution >= 0.6 is 0 Å². The number of pyridine rings is 1. The molecule has 1 heterocycles. The molecule has 0 aliphatic heterocycles. The molecule has 1 nitrogen and oxygen atoms in total. The van der Waals surface area contributed by atoms with E-state index >= 15 is 0 Å². The van der Waals surface area contributed by atoms with Crippen molar-refractivity contribution >= 4 is 0 Å². The number of aryl methyl sites for hydroxylation is 1. The summed E-state index contributed by atoms with van der Waals surface area (Å²) in [5.74, 6) is 0. The van der Waals surface area contributed by atoms with Gasteiger partial charge in [-0.05, 0) is 24.5 Å². The van der Waals surface area contributed by atoms with Crippen LogP contribution in [0.25, 0.3) is 11.3 Å². The van der Waals surface area contributed by atoms with Gasteiger partial charge in [0.05, 0.1) is 5.69 Å². The standard InChI is InChI=1S/C18H23N/c1-2-3-4-5-7-10-16-13-14-18(19-15-16)17-11-8-6-9-12-17/h6,8-9,11-15H,2-5,7,10H2,1H3. The summed E-state index contributed by atoms with van der Waals surface area (Å²) in [6.07, 6.45) is 9.86. The zero-order chi connectivity index (χ0) is 13.3. The minimum absolute atomic E-state index is 1.07. The Morgan fingerprint density at radius 3 is 2.32 bits per heavy atom. The van der Waals surface area contributed by atoms with Gasteiger partial charge in [0.2, 0.25) is 0 Å². The highest BCUT2D eigenvalue weighted by atomic mass is 14.7. The van der Waals surface area contributed by atoms with Crippen LogP contribution in [0.5, 0.6) is 0 Å². The Morgan fingerprint density at radius 1 is 0.842 bits per heavy atom. The molecule has 0 saturated carbocycles. The average Bonchev–Trinajstić information content (AvgIpc) is 2.49. The smallest absolute Gasteiger partial charge is 0.0702 e. The average molecular weight is 253 g/mol. The summed E-state index contributed by atoms with van der Waals surface area (Å²) in [5.41, 5.74) is 3.61. The van der Waals surface area contributed by atoms with Gasteiger partial charge < -0.3 is 0 Å². The fraction of sp³-hybridized carbons (Fsp3) is 0.389. The number of rotatable bonds is 7. The first kappa shape index (κ1) is 13.8. The van der Waals surface area contributed by atoms with Crippen molar-refractivity contribution in [3.8, 4) is 11.3 Å². The number of nitrogens with zero attached hydrogens (tertiary/aromatic N) is 1. The molecule has 0 aliphatic carbocycles. The van der Waals surface area contributed by atoms with Gasteiger partial charge in [0.25, 0.3) is 0 Å². The lowest BCUT2D eigenvalue weighted by atomic mass is 10.1. The Bertz CT molecular complexity index is 459. The predicted octanol–water partition coefficient (Wildman–Crippen LogP) is 5.26. The Kier molecular flexibility index (Phi) is 5.61. The van der Waals surface area contributed by atoms with E-state index in [0.717, 1.165) is 12.1 Å². The van der Waals surface area contributed by atoms with Crippen LogP contribution in [0.1, 0.15) is 44.6 Å². The molecule has 1 aromatic heterocycles. The van der Waals surface area contributed by atoms with Crippen LogP contribution in [-0.4, -0.2) is 4.98 Å². The molecule has 0 N–H and O–H groups in total. The van der Waals surface area contributed by atoms with Crippen LogP contribution in [0.3, 0.4) is 0 Å². The monoisotopic (exact) mass is 253 g/mol. The summed E-state index contributed by atoms with van der Waals surface area (Å²) < 4.78 is 0. The number of aromatic nitrogens is 1. The van der Waals surface area contributed by atoms with Crippen molar-refractivity contribution in [3.05, 3.63) is 54.2 Å². The molecule has 0 saturated heterocycles. The lowest BCUT2D eigenvalue weighted by Gasteiger charge is -2.04. The van der Waals surface area contributed by atoms with Crippen molar-refractivity contribution in [2.24, 2.45) is 0 Å². The van der Waals surface area contributed by atoms with Crippen LogP contribution in [0.2, 0.25) is 0 Å². The molecule has 0 unspecified atom stereocenters. The van der Waals surface area contributed by atoms with Crippen LogP contribution < -0.4 is 0 Å². The van der Waals surface area contributed by atoms with E-state index in [0.29, 0.717) is 0 Å². The second kappa shape index (κ2) is 7.73. The summed E-state index contributed by atoms with van der Waals surface area (Å²) in [6, 6.07) is 14.7. The first-order chi connectivity index (χ1) is 9.40. The van der Waals surface area contributed by atoms with E-state index in [2.05, 4.69) is 48.3 Å². The van der Waals surface area contributed by atoms with Crippen LogP contribution in [0, 0.1) is 0 Å². The van der Waals surface area contributed by atoms with E-state index in [1.165, 1.54) is 43.2 Å². The van der Waals surface area contributed by atoms with Crippen molar-refractivity contribution in [2.75, 3.05) is 0 Å². The maximum atomic E-state index is 4.56. The Morgan fingerprint density at radius 2 is 1.63 bits per heavy atom. The highest BCUT2D eigenvalue weighted by Crippen LogP contribution is 2.17. The molecule has 19 heavy (non-hydrogen) atoms. The zero-order valence-electron chi connectivity index (χ0n) is 11.8. The largest absolute Gasteiger partial charge is 0.256 e. The van der Waals surface area contributed by atoms with Gasteiger partial charge in [0.1, 0.15) is 0 Å². The fourth-order valence-electron chi connectivity index (χ4n) is 2.28. The maximum Gasteiger partial charge on any atom is 0.0702 e. The molecular weight excluding hydrogens is 230 g/mol. The first-order valence-corrected chi connectivity index (χ1v) is 7.40. The number of unbranched alkanes of at least 4 members (excludes halogenated alkanes) is 4. The van der Waals surface area contributed by atoms with Crippen LogP contribution in [0.15, 0.2) is 48.7 Å². The van der Waals surface area contributed by atoms with Crippen molar-refractivity contribution in [3.63, 3.8) is 0 Å². The molecule has 2 rings (SSSR count). The number of hydrogen-bond donors (Lipinski definition) is 0. The van der Waals surface area contributed by atoms with E-state index in [4.69, 9.17) is 0 Å². The summed E-state index contributed by atoms with van der Waals surface area (Å²) in [7, 11) is 0. The van der Waals surface area contributed by atoms with Crippen LogP contribution in [0.4, 0.5) is 0 Å². The van der Waals surface area contributed by atoms with E-state index in [1.54, 1.807) is 0 Å². The van der Waals surface area contributed by atoms with Gasteiger partial charge in [0, 0.05) is 11.8 Å². The zero-order valence-corrected chi connectivity index (χ0v) is 11.8. The molecular formula is C18H23N. The fourth-order valence-corrected chi connectivity index (χ4v) is 2.28. The summed E-state index contributed by atoms with van der Waals surface area (Å²) in [5, 5.41) is 0. The number of hydrogen-bond acceptors (Lipinski definition) is 1. The van der Waals surface area contributed by atoms with E-state index in [-0.39, 0.29) is 0 Å². The van der Waals surface area contributed by atoms with Gasteiger partial charge in [-0.15, -0.1) is 0 Å². The van der Waals surface area contributed by atoms with E-state index < -0.39 is 0 Å². The summed E-state index contributed by atoms with van der Waals surface area (Å²) in [6.45, 7) is 2.26. The normalized spacial score (nSPS) is 10.6. The van der Waals surface area contributed by atoms with Gasteiger partial charge >= 0.3 is 0 Å². The Hall–Kier alpha value is -1.63. The molecule has 2 aromatic rings. The van der Waals surface area contributed by atoms with Crippen molar-refractivity contribution in [1.29, 1.82) is 0 Å². The lowest BCUT2D eigenvalue weighted by molar-refractivity contribution is 0.632. The molecule has 0 spiro atoms. The van der Waals surface area contributed by atoms with Gasteiger partial charge in [-0.2, -0.15) is 0 Å². The van der Waals surface area contributed by atoms with Gasteiger partial charge in [-0.3, -0.25) is 4.98 Å². The third-order valence-electron chi connectivity index (χ3n) is 3.46. The topological polar surface area (TPSA) is 12.9 Å². The van der Waals surface area contributed by atoms with Crippen molar-refractivity contribution in [1.82, 2.24) is 4.98 Å². The highest BCUT2D eigenvalue weighted by molar-refractivity contribution is 5.58. The maximum absolute atomic E-state index is 4.56. The Labute approximate surface area is 116 Å². The molecule has 1 aromatic carbocycles. The van der Waals surface area contributed by atoms with Gasteiger partial charge in [-0.1, -0.05) is 69.0 Å². The molecule has 0 amide bonds. The van der Waals surface area contributed by atoms with Crippen LogP contribution in [-0.2, 0) is 6.42 Å². The third-order valence-corrected chi connectivity index (χ3v) is 3.46.